The van der Waals surface area contributed by atoms with Crippen molar-refractivity contribution in [2.24, 2.45) is 11.7 Å². The Labute approximate surface area is 130 Å². The summed E-state index contributed by atoms with van der Waals surface area (Å²) in [5, 5.41) is 0. The first kappa shape index (κ1) is 16.7. The van der Waals surface area contributed by atoms with Gasteiger partial charge in [0.2, 0.25) is 0 Å². The molecule has 0 aromatic heterocycles. The molecule has 2 N–H and O–H groups in total. The number of hydrogen-bond acceptors (Lipinski definition) is 3. The number of piperidine rings is 3. The fourth-order valence-corrected chi connectivity index (χ4v) is 3.94. The van der Waals surface area contributed by atoms with E-state index in [0.29, 0.717) is 11.7 Å². The monoisotopic (exact) mass is 292 g/mol. The normalized spacial score (nSPS) is 31.3. The fraction of sp³-hybridized carbons (Fsp3) is 0.833. The number of Topliss-reactive ketones (excluding diaryl/α,β-unsaturated/α-hetero) is 1. The zero-order valence-corrected chi connectivity index (χ0v) is 13.4. The molecule has 0 aliphatic carbocycles. The summed E-state index contributed by atoms with van der Waals surface area (Å²) in [4.78, 5) is 14.8. The number of rotatable bonds is 10. The molecule has 3 fully saturated rings. The van der Waals surface area contributed by atoms with E-state index < -0.39 is 0 Å². The molecule has 2 atom stereocenters. The summed E-state index contributed by atoms with van der Waals surface area (Å²) in [6.07, 6.45) is 13.6. The summed E-state index contributed by atoms with van der Waals surface area (Å²) in [5.74, 6) is 0.993. The third-order valence-corrected chi connectivity index (χ3v) is 5.29. The van der Waals surface area contributed by atoms with E-state index in [2.05, 4.69) is 11.5 Å². The Morgan fingerprint density at radius 1 is 1.10 bits per heavy atom. The molecular formula is C18H32N2O. The Hall–Kier alpha value is -0.670. The molecule has 3 rings (SSSR count). The van der Waals surface area contributed by atoms with Gasteiger partial charge in [-0.2, -0.15) is 0 Å². The highest BCUT2D eigenvalue weighted by atomic mass is 16.1. The van der Waals surface area contributed by atoms with Crippen LogP contribution in [0.2, 0.25) is 0 Å². The molecule has 3 aliphatic heterocycles. The number of fused-ring (bicyclic) bond motifs is 3. The van der Waals surface area contributed by atoms with Crippen LogP contribution in [0.15, 0.2) is 12.7 Å². The highest BCUT2D eigenvalue weighted by Gasteiger charge is 2.43. The first-order chi connectivity index (χ1) is 10.2. The van der Waals surface area contributed by atoms with Crippen LogP contribution in [0, 0.1) is 5.92 Å². The van der Waals surface area contributed by atoms with Gasteiger partial charge in [-0.15, -0.1) is 6.58 Å². The van der Waals surface area contributed by atoms with Crippen molar-refractivity contribution >= 4 is 5.78 Å². The van der Waals surface area contributed by atoms with Gasteiger partial charge in [0.25, 0.3) is 0 Å². The lowest BCUT2D eigenvalue weighted by atomic mass is 9.77. The Kier molecular flexibility index (Phi) is 6.91. The summed E-state index contributed by atoms with van der Waals surface area (Å²) in [5.41, 5.74) is 6.29. The molecule has 3 aliphatic rings. The molecule has 0 aromatic carbocycles. The number of nitrogens with zero attached hydrogens (tertiary/aromatic N) is 1. The molecular weight excluding hydrogens is 260 g/mol. The largest absolute Gasteiger partial charge is 0.326 e. The van der Waals surface area contributed by atoms with Crippen LogP contribution in [0.3, 0.4) is 0 Å². The molecule has 2 bridgehead atoms. The molecule has 0 spiro atoms. The number of ketones is 1. The summed E-state index contributed by atoms with van der Waals surface area (Å²) in [6, 6.07) is 0.129. The summed E-state index contributed by atoms with van der Waals surface area (Å²) < 4.78 is 0. The van der Waals surface area contributed by atoms with Gasteiger partial charge < -0.3 is 5.73 Å². The molecule has 3 nitrogen and oxygen atoms in total. The molecule has 0 radical (unpaired) electrons. The van der Waals surface area contributed by atoms with Crippen LogP contribution in [-0.4, -0.2) is 35.9 Å². The van der Waals surface area contributed by atoms with Crippen molar-refractivity contribution in [3.05, 3.63) is 12.7 Å². The van der Waals surface area contributed by atoms with Crippen LogP contribution < -0.4 is 5.73 Å². The van der Waals surface area contributed by atoms with E-state index in [9.17, 15) is 4.79 Å². The van der Waals surface area contributed by atoms with E-state index in [0.717, 1.165) is 32.4 Å². The second-order valence-electron chi connectivity index (χ2n) is 6.81. The lowest BCUT2D eigenvalue weighted by Crippen LogP contribution is -2.64. The van der Waals surface area contributed by atoms with Gasteiger partial charge in [-0.05, 0) is 51.1 Å². The molecule has 3 heterocycles. The van der Waals surface area contributed by atoms with Gasteiger partial charge in [0.15, 0.2) is 5.78 Å². The van der Waals surface area contributed by atoms with Crippen LogP contribution in [0.5, 0.6) is 0 Å². The van der Waals surface area contributed by atoms with E-state index in [-0.39, 0.29) is 12.1 Å². The third-order valence-electron chi connectivity index (χ3n) is 5.29. The average molecular weight is 292 g/mol. The third kappa shape index (κ3) is 4.65. The summed E-state index contributed by atoms with van der Waals surface area (Å²) >= 11 is 0. The van der Waals surface area contributed by atoms with Crippen molar-refractivity contribution in [3.63, 3.8) is 0 Å². The minimum absolute atomic E-state index is 0.0325. The SMILES string of the molecule is C=CCCCCCCCCC(=O)C1C(N)C2CCN1CC2. The van der Waals surface area contributed by atoms with Crippen molar-refractivity contribution < 1.29 is 4.79 Å². The van der Waals surface area contributed by atoms with Crippen molar-refractivity contribution in [3.8, 4) is 0 Å². The first-order valence-corrected chi connectivity index (χ1v) is 8.87. The maximum absolute atomic E-state index is 12.4. The predicted molar refractivity (Wildman–Crippen MR) is 88.2 cm³/mol. The van der Waals surface area contributed by atoms with Crippen LogP contribution in [0.1, 0.15) is 64.2 Å². The van der Waals surface area contributed by atoms with Crippen molar-refractivity contribution in [2.45, 2.75) is 76.3 Å². The molecule has 3 saturated heterocycles. The van der Waals surface area contributed by atoms with Gasteiger partial charge in [-0.1, -0.05) is 31.8 Å². The minimum Gasteiger partial charge on any atom is -0.326 e. The van der Waals surface area contributed by atoms with Gasteiger partial charge >= 0.3 is 0 Å². The average Bonchev–Trinajstić information content (AvgIpc) is 2.51. The number of unbranched alkanes of at least 4 members (excludes halogenated alkanes) is 6. The molecule has 3 heteroatoms. The molecule has 2 unspecified atom stereocenters. The van der Waals surface area contributed by atoms with Crippen molar-refractivity contribution in [2.75, 3.05) is 13.1 Å². The van der Waals surface area contributed by atoms with Gasteiger partial charge in [-0.25, -0.2) is 0 Å². The van der Waals surface area contributed by atoms with Crippen molar-refractivity contribution in [1.82, 2.24) is 4.90 Å². The Morgan fingerprint density at radius 2 is 1.71 bits per heavy atom. The molecule has 21 heavy (non-hydrogen) atoms. The minimum atomic E-state index is 0.0325. The van der Waals surface area contributed by atoms with E-state index >= 15 is 0 Å². The first-order valence-electron chi connectivity index (χ1n) is 8.87. The second-order valence-corrected chi connectivity index (χ2v) is 6.81. The van der Waals surface area contributed by atoms with E-state index in [1.165, 1.54) is 44.9 Å². The zero-order chi connectivity index (χ0) is 15.1. The van der Waals surface area contributed by atoms with Crippen LogP contribution in [0.25, 0.3) is 0 Å². The van der Waals surface area contributed by atoms with Crippen LogP contribution in [-0.2, 0) is 4.79 Å². The van der Waals surface area contributed by atoms with Gasteiger partial charge in [0.05, 0.1) is 6.04 Å². The zero-order valence-electron chi connectivity index (χ0n) is 13.4. The van der Waals surface area contributed by atoms with Crippen molar-refractivity contribution in [1.29, 1.82) is 0 Å². The summed E-state index contributed by atoms with van der Waals surface area (Å²) in [6.45, 7) is 5.91. The smallest absolute Gasteiger partial charge is 0.151 e. The highest BCUT2D eigenvalue weighted by molar-refractivity contribution is 5.85. The Morgan fingerprint density at radius 3 is 2.33 bits per heavy atom. The summed E-state index contributed by atoms with van der Waals surface area (Å²) in [7, 11) is 0. The van der Waals surface area contributed by atoms with Gasteiger partial charge in [0.1, 0.15) is 0 Å². The second kappa shape index (κ2) is 8.70. The maximum atomic E-state index is 12.4. The molecule has 120 valence electrons. The van der Waals surface area contributed by atoms with E-state index in [1.54, 1.807) is 0 Å². The van der Waals surface area contributed by atoms with Crippen LogP contribution in [0.4, 0.5) is 0 Å². The molecule has 0 saturated carbocycles. The topological polar surface area (TPSA) is 46.3 Å². The number of hydrogen-bond donors (Lipinski definition) is 1. The maximum Gasteiger partial charge on any atom is 0.151 e. The Bertz CT molecular complexity index is 332. The number of nitrogens with two attached hydrogens (primary N) is 1. The molecule has 0 aromatic rings. The number of carbonyl (C=O) groups excluding carboxylic acids is 1. The highest BCUT2D eigenvalue weighted by Crippen LogP contribution is 2.32. The van der Waals surface area contributed by atoms with Gasteiger partial charge in [-0.3, -0.25) is 9.69 Å². The van der Waals surface area contributed by atoms with E-state index in [1.807, 2.05) is 6.08 Å². The lowest BCUT2D eigenvalue weighted by Gasteiger charge is -2.48. The quantitative estimate of drug-likeness (QED) is 0.496. The standard InChI is InChI=1S/C18H32N2O/c1-2-3-4-5-6-7-8-9-10-16(21)18-17(19)15-11-13-20(18)14-12-15/h2,15,17-18H,1,3-14,19H2. The number of carbonyl (C=O) groups is 1. The van der Waals surface area contributed by atoms with Crippen LogP contribution >= 0.6 is 0 Å². The lowest BCUT2D eigenvalue weighted by molar-refractivity contribution is -0.129. The number of allylic oxidation sites excluding steroid dienone is 1. The fourth-order valence-electron chi connectivity index (χ4n) is 3.94. The Balaban J connectivity index is 1.58. The van der Waals surface area contributed by atoms with Gasteiger partial charge in [0, 0.05) is 12.5 Å². The molecule has 0 amide bonds. The predicted octanol–water partition coefficient (Wildman–Crippen LogP) is 3.28. The van der Waals surface area contributed by atoms with E-state index in [4.69, 9.17) is 5.73 Å².